The van der Waals surface area contributed by atoms with Gasteiger partial charge in [0.15, 0.2) is 0 Å². The molecule has 0 amide bonds. The predicted octanol–water partition coefficient (Wildman–Crippen LogP) is 1.55. The van der Waals surface area contributed by atoms with E-state index >= 15 is 0 Å². The molecule has 0 bridgehead atoms. The van der Waals surface area contributed by atoms with Crippen LogP contribution < -0.4 is 0 Å². The lowest BCUT2D eigenvalue weighted by Crippen LogP contribution is -2.37. The van der Waals surface area contributed by atoms with Crippen molar-refractivity contribution in [3.8, 4) is 0 Å². The van der Waals surface area contributed by atoms with Crippen molar-refractivity contribution in [1.82, 2.24) is 0 Å². The van der Waals surface area contributed by atoms with E-state index in [4.69, 9.17) is 0 Å². The Labute approximate surface area is 98.7 Å². The summed E-state index contributed by atoms with van der Waals surface area (Å²) in [6.45, 7) is 0. The first-order valence-electron chi connectivity index (χ1n) is 3.74. The summed E-state index contributed by atoms with van der Waals surface area (Å²) in [5.74, 6) is -3.28. The number of hydrogen-bond acceptors (Lipinski definition) is 5. The Kier molecular flexibility index (Phi) is 5.10. The minimum atomic E-state index is -6.60. The summed E-state index contributed by atoms with van der Waals surface area (Å²) >= 11 is 0. The maximum atomic E-state index is 12.4. The second kappa shape index (κ2) is 5.44. The molecule has 0 aromatic carbocycles. The van der Waals surface area contributed by atoms with Gasteiger partial charge in [0.2, 0.25) is 0 Å². The van der Waals surface area contributed by atoms with Crippen molar-refractivity contribution in [3.63, 3.8) is 0 Å². The van der Waals surface area contributed by atoms with E-state index in [0.717, 1.165) is 0 Å². The molecule has 0 radical (unpaired) electrons. The minimum absolute atomic E-state index is 2.54. The summed E-state index contributed by atoms with van der Waals surface area (Å²) in [6, 6.07) is 0. The van der Waals surface area contributed by atoms with Crippen LogP contribution in [0.1, 0.15) is 0 Å². The van der Waals surface area contributed by atoms with E-state index in [9.17, 15) is 48.3 Å². The van der Waals surface area contributed by atoms with Gasteiger partial charge in [0.25, 0.3) is 12.7 Å². The zero-order valence-corrected chi connectivity index (χ0v) is 8.94. The molecule has 0 unspecified atom stereocenters. The highest BCUT2D eigenvalue weighted by Gasteiger charge is 2.51. The largest absolute Gasteiger partial charge is 0.523 e. The first-order chi connectivity index (χ1) is 8.18. The first kappa shape index (κ1) is 17.8. The number of halogens is 8. The summed E-state index contributed by atoms with van der Waals surface area (Å²) in [4.78, 5) is 9.96. The molecule has 114 valence electrons. The van der Waals surface area contributed by atoms with Gasteiger partial charge in [-0.25, -0.2) is 13.4 Å². The summed E-state index contributed by atoms with van der Waals surface area (Å²) in [7, 11) is -6.60. The molecule has 0 fully saturated rings. The van der Waals surface area contributed by atoms with E-state index < -0.39 is 40.5 Å². The fourth-order valence-corrected chi connectivity index (χ4v) is 0.880. The van der Waals surface area contributed by atoms with Crippen LogP contribution in [-0.4, -0.2) is 38.8 Å². The van der Waals surface area contributed by atoms with E-state index in [0.29, 0.717) is 0 Å². The number of alkyl halides is 8. The average Bonchev–Trinajstić information content (AvgIpc) is 2.13. The van der Waals surface area contributed by atoms with Gasteiger partial charge in [0.05, 0.1) is 0 Å². The molecule has 0 saturated carbocycles. The number of rotatable bonds is 4. The van der Waals surface area contributed by atoms with Crippen LogP contribution in [0, 0.1) is 0 Å². The van der Waals surface area contributed by atoms with Crippen LogP contribution >= 0.6 is 0 Å². The Bertz CT molecular complexity index is 424. The third-order valence-corrected chi connectivity index (χ3v) is 2.16. The van der Waals surface area contributed by atoms with Crippen LogP contribution in [0.15, 0.2) is 0 Å². The van der Waals surface area contributed by atoms with Crippen LogP contribution in [0.4, 0.5) is 35.1 Å². The highest BCUT2D eigenvalue weighted by molar-refractivity contribution is 7.87. The van der Waals surface area contributed by atoms with E-state index in [1.54, 1.807) is 0 Å². The standard InChI is InChI=1S/C5H2F8O5S/c6-1(17-3(14)4(8,9)10)2(7)18-19(15,16)5(11,12)13/h1-2H/t1-,2-/m1/s1. The molecule has 0 aliphatic rings. The second-order valence-electron chi connectivity index (χ2n) is 2.60. The maximum absolute atomic E-state index is 12.4. The monoisotopic (exact) mass is 326 g/mol. The van der Waals surface area contributed by atoms with Crippen molar-refractivity contribution in [2.75, 3.05) is 0 Å². The highest BCUT2D eigenvalue weighted by atomic mass is 32.2. The van der Waals surface area contributed by atoms with E-state index in [1.165, 1.54) is 0 Å². The number of hydrogen-bond donors (Lipinski definition) is 0. The quantitative estimate of drug-likeness (QED) is 0.339. The Hall–Kier alpha value is -1.18. The smallest absolute Gasteiger partial charge is 0.418 e. The number of carbonyl (C=O) groups is 1. The third-order valence-electron chi connectivity index (χ3n) is 1.16. The zero-order valence-electron chi connectivity index (χ0n) is 8.13. The number of ether oxygens (including phenoxy) is 1. The Balaban J connectivity index is 4.70. The van der Waals surface area contributed by atoms with Gasteiger partial charge in [-0.3, -0.25) is 0 Å². The molecular formula is C5H2F8O5S. The van der Waals surface area contributed by atoms with Gasteiger partial charge in [0, 0.05) is 0 Å². The molecule has 0 aromatic heterocycles. The molecule has 14 heteroatoms. The topological polar surface area (TPSA) is 69.7 Å². The van der Waals surface area contributed by atoms with Crippen molar-refractivity contribution < 1.29 is 57.3 Å². The molecule has 0 heterocycles. The van der Waals surface area contributed by atoms with Gasteiger partial charge < -0.3 is 4.74 Å². The Morgan fingerprint density at radius 3 is 1.68 bits per heavy atom. The molecule has 19 heavy (non-hydrogen) atoms. The normalized spacial score (nSPS) is 16.8. The van der Waals surface area contributed by atoms with E-state index in [2.05, 4.69) is 8.92 Å². The van der Waals surface area contributed by atoms with Crippen LogP contribution in [0.3, 0.4) is 0 Å². The lowest BCUT2D eigenvalue weighted by atomic mass is 10.6. The third kappa shape index (κ3) is 5.14. The second-order valence-corrected chi connectivity index (χ2v) is 4.17. The SMILES string of the molecule is O=C(O[C@@H](F)[C@H](F)OS(=O)(=O)C(F)(F)F)C(F)(F)F. The molecular weight excluding hydrogens is 324 g/mol. The lowest BCUT2D eigenvalue weighted by Gasteiger charge is -2.16. The van der Waals surface area contributed by atoms with Gasteiger partial charge in [-0.2, -0.15) is 39.2 Å². The summed E-state index contributed by atoms with van der Waals surface area (Å²) in [5.41, 5.74) is -6.13. The first-order valence-corrected chi connectivity index (χ1v) is 5.15. The van der Waals surface area contributed by atoms with Gasteiger partial charge in [-0.05, 0) is 0 Å². The molecule has 0 spiro atoms. The number of carbonyl (C=O) groups excluding carboxylic acids is 1. The van der Waals surface area contributed by atoms with E-state index in [1.807, 2.05) is 0 Å². The molecule has 0 rings (SSSR count). The lowest BCUT2D eigenvalue weighted by molar-refractivity contribution is -0.226. The molecule has 0 N–H and O–H groups in total. The fourth-order valence-electron chi connectivity index (χ4n) is 0.442. The van der Waals surface area contributed by atoms with Crippen molar-refractivity contribution in [2.45, 2.75) is 24.4 Å². The molecule has 0 saturated heterocycles. The van der Waals surface area contributed by atoms with Crippen LogP contribution in [-0.2, 0) is 23.8 Å². The fraction of sp³-hybridized carbons (Fsp3) is 0.800. The highest BCUT2D eigenvalue weighted by Crippen LogP contribution is 2.27. The Morgan fingerprint density at radius 1 is 0.947 bits per heavy atom. The van der Waals surface area contributed by atoms with Gasteiger partial charge in [-0.15, -0.1) is 0 Å². The predicted molar refractivity (Wildman–Crippen MR) is 38.0 cm³/mol. The molecule has 2 atom stereocenters. The molecule has 0 aliphatic heterocycles. The van der Waals surface area contributed by atoms with Gasteiger partial charge in [0.1, 0.15) is 0 Å². The minimum Gasteiger partial charge on any atom is -0.418 e. The summed E-state index contributed by atoms with van der Waals surface area (Å²) in [5, 5.41) is 0. The van der Waals surface area contributed by atoms with Crippen molar-refractivity contribution >= 4 is 16.1 Å². The maximum Gasteiger partial charge on any atom is 0.523 e. The summed E-state index contributed by atoms with van der Waals surface area (Å²) in [6.07, 6.45) is -13.9. The molecule has 0 aliphatic carbocycles. The van der Waals surface area contributed by atoms with E-state index in [-0.39, 0.29) is 0 Å². The number of esters is 1. The van der Waals surface area contributed by atoms with Crippen LogP contribution in [0.5, 0.6) is 0 Å². The average molecular weight is 326 g/mol. The molecule has 5 nitrogen and oxygen atoms in total. The van der Waals surface area contributed by atoms with Crippen LogP contribution in [0.2, 0.25) is 0 Å². The van der Waals surface area contributed by atoms with Crippen LogP contribution in [0.25, 0.3) is 0 Å². The van der Waals surface area contributed by atoms with Crippen molar-refractivity contribution in [1.29, 1.82) is 0 Å². The van der Waals surface area contributed by atoms with Crippen molar-refractivity contribution in [2.24, 2.45) is 0 Å². The van der Waals surface area contributed by atoms with Gasteiger partial charge >= 0.3 is 27.8 Å². The zero-order chi connectivity index (χ0) is 15.6. The van der Waals surface area contributed by atoms with Crippen molar-refractivity contribution in [3.05, 3.63) is 0 Å². The molecule has 0 aromatic rings. The summed E-state index contributed by atoms with van der Waals surface area (Å²) < 4.78 is 120. The Morgan fingerprint density at radius 2 is 1.37 bits per heavy atom. The van der Waals surface area contributed by atoms with Gasteiger partial charge in [-0.1, -0.05) is 0 Å².